The van der Waals surface area contributed by atoms with Crippen LogP contribution in [0.15, 0.2) is 42.5 Å². The molecule has 0 unspecified atom stereocenters. The van der Waals surface area contributed by atoms with Gasteiger partial charge in [0.2, 0.25) is 0 Å². The van der Waals surface area contributed by atoms with Crippen molar-refractivity contribution in [2.75, 3.05) is 6.61 Å². The van der Waals surface area contributed by atoms with Gasteiger partial charge in [0.1, 0.15) is 23.4 Å². The highest BCUT2D eigenvalue weighted by molar-refractivity contribution is 5.46. The van der Waals surface area contributed by atoms with Crippen LogP contribution in [0, 0.1) is 5.92 Å². The molecule has 3 nitrogen and oxygen atoms in total. The molecule has 0 radical (unpaired) electrons. The molecule has 2 aromatic rings. The lowest BCUT2D eigenvalue weighted by atomic mass is 9.85. The SMILES string of the molecule is CC(C)Oc1ccc2c(c1)OC[C@@H]1Cc3ccccc3O[C@H]21. The minimum Gasteiger partial charge on any atom is -0.493 e. The monoisotopic (exact) mass is 296 g/mol. The molecule has 3 heteroatoms. The molecule has 0 fully saturated rings. The minimum absolute atomic E-state index is 0.0757. The van der Waals surface area contributed by atoms with Crippen molar-refractivity contribution in [3.05, 3.63) is 53.6 Å². The van der Waals surface area contributed by atoms with E-state index in [2.05, 4.69) is 24.3 Å². The Morgan fingerprint density at radius 1 is 1.09 bits per heavy atom. The van der Waals surface area contributed by atoms with E-state index < -0.39 is 0 Å². The van der Waals surface area contributed by atoms with Crippen LogP contribution in [0.2, 0.25) is 0 Å². The average Bonchev–Trinajstić information content (AvgIpc) is 2.52. The molecule has 2 atom stereocenters. The highest BCUT2D eigenvalue weighted by Crippen LogP contribution is 2.45. The van der Waals surface area contributed by atoms with E-state index in [-0.39, 0.29) is 12.2 Å². The van der Waals surface area contributed by atoms with Gasteiger partial charge < -0.3 is 14.2 Å². The third-order valence-electron chi connectivity index (χ3n) is 4.25. The summed E-state index contributed by atoms with van der Waals surface area (Å²) in [4.78, 5) is 0. The molecule has 0 aliphatic carbocycles. The normalized spacial score (nSPS) is 22.0. The van der Waals surface area contributed by atoms with Crippen molar-refractivity contribution in [2.45, 2.75) is 32.5 Å². The number of rotatable bonds is 2. The molecule has 0 saturated heterocycles. The summed E-state index contributed by atoms with van der Waals surface area (Å²) >= 11 is 0. The third-order valence-corrected chi connectivity index (χ3v) is 4.25. The smallest absolute Gasteiger partial charge is 0.134 e. The van der Waals surface area contributed by atoms with E-state index in [1.54, 1.807) is 0 Å². The summed E-state index contributed by atoms with van der Waals surface area (Å²) in [6.45, 7) is 4.74. The maximum absolute atomic E-state index is 6.26. The Labute approximate surface area is 130 Å². The first-order valence-electron chi connectivity index (χ1n) is 7.88. The van der Waals surface area contributed by atoms with Crippen LogP contribution in [0.1, 0.15) is 31.1 Å². The average molecular weight is 296 g/mol. The Morgan fingerprint density at radius 2 is 1.95 bits per heavy atom. The summed E-state index contributed by atoms with van der Waals surface area (Å²) in [5, 5.41) is 0. The molecule has 4 rings (SSSR count). The zero-order valence-electron chi connectivity index (χ0n) is 12.9. The molecule has 22 heavy (non-hydrogen) atoms. The lowest BCUT2D eigenvalue weighted by molar-refractivity contribution is 0.0540. The van der Waals surface area contributed by atoms with Crippen LogP contribution in [-0.2, 0) is 6.42 Å². The molecule has 2 aromatic carbocycles. The summed E-state index contributed by atoms with van der Waals surface area (Å²) < 4.78 is 18.0. The van der Waals surface area contributed by atoms with E-state index >= 15 is 0 Å². The van der Waals surface area contributed by atoms with Gasteiger partial charge in [0, 0.05) is 17.5 Å². The van der Waals surface area contributed by atoms with E-state index in [1.165, 1.54) is 5.56 Å². The quantitative estimate of drug-likeness (QED) is 0.833. The van der Waals surface area contributed by atoms with Crippen molar-refractivity contribution in [3.8, 4) is 17.2 Å². The molecule has 0 bridgehead atoms. The number of ether oxygens (including phenoxy) is 3. The zero-order valence-corrected chi connectivity index (χ0v) is 12.9. The number of hydrogen-bond acceptors (Lipinski definition) is 3. The Balaban J connectivity index is 1.67. The van der Waals surface area contributed by atoms with Gasteiger partial charge in [-0.2, -0.15) is 0 Å². The first kappa shape index (κ1) is 13.5. The van der Waals surface area contributed by atoms with Crippen LogP contribution in [0.4, 0.5) is 0 Å². The van der Waals surface area contributed by atoms with Gasteiger partial charge in [-0.3, -0.25) is 0 Å². The molecule has 0 spiro atoms. The lowest BCUT2D eigenvalue weighted by Gasteiger charge is -2.38. The molecule has 114 valence electrons. The van der Waals surface area contributed by atoms with Crippen molar-refractivity contribution in [1.29, 1.82) is 0 Å². The Morgan fingerprint density at radius 3 is 2.82 bits per heavy atom. The summed E-state index contributed by atoms with van der Waals surface area (Å²) in [6, 6.07) is 14.4. The fraction of sp³-hybridized carbons (Fsp3) is 0.368. The molecule has 2 aliphatic rings. The predicted molar refractivity (Wildman–Crippen MR) is 84.7 cm³/mol. The molecule has 2 heterocycles. The minimum atomic E-state index is 0.0757. The van der Waals surface area contributed by atoms with Crippen molar-refractivity contribution in [3.63, 3.8) is 0 Å². The Hall–Kier alpha value is -2.16. The van der Waals surface area contributed by atoms with Crippen LogP contribution in [0.25, 0.3) is 0 Å². The van der Waals surface area contributed by atoms with Crippen LogP contribution >= 0.6 is 0 Å². The number of para-hydroxylation sites is 1. The molecule has 0 aromatic heterocycles. The van der Waals surface area contributed by atoms with E-state index in [1.807, 2.05) is 32.0 Å². The van der Waals surface area contributed by atoms with Gasteiger partial charge in [0.15, 0.2) is 0 Å². The lowest BCUT2D eigenvalue weighted by Crippen LogP contribution is -2.34. The number of fused-ring (bicyclic) bond motifs is 4. The molecule has 0 amide bonds. The van der Waals surface area contributed by atoms with Crippen molar-refractivity contribution in [2.24, 2.45) is 5.92 Å². The third kappa shape index (κ3) is 2.31. The Bertz CT molecular complexity index is 693. The zero-order chi connectivity index (χ0) is 15.1. The molecular weight excluding hydrogens is 276 g/mol. The van der Waals surface area contributed by atoms with Gasteiger partial charge in [0.25, 0.3) is 0 Å². The molecule has 0 saturated carbocycles. The maximum atomic E-state index is 6.26. The standard InChI is InChI=1S/C19H20O3/c1-12(2)21-15-7-8-16-18(10-15)20-11-14-9-13-5-3-4-6-17(13)22-19(14)16/h3-8,10,12,14,19H,9,11H2,1-2H3/t14-,19-/m0/s1. The van der Waals surface area contributed by atoms with E-state index in [9.17, 15) is 0 Å². The fourth-order valence-electron chi connectivity index (χ4n) is 3.29. The molecule has 0 N–H and O–H groups in total. The van der Waals surface area contributed by atoms with E-state index in [4.69, 9.17) is 14.2 Å². The van der Waals surface area contributed by atoms with Crippen LogP contribution < -0.4 is 14.2 Å². The summed E-state index contributed by atoms with van der Waals surface area (Å²) in [7, 11) is 0. The summed E-state index contributed by atoms with van der Waals surface area (Å²) in [6.07, 6.45) is 1.24. The van der Waals surface area contributed by atoms with Gasteiger partial charge in [-0.1, -0.05) is 18.2 Å². The van der Waals surface area contributed by atoms with Gasteiger partial charge in [-0.05, 0) is 44.0 Å². The fourth-order valence-corrected chi connectivity index (χ4v) is 3.29. The summed E-state index contributed by atoms with van der Waals surface area (Å²) in [5.74, 6) is 3.11. The highest BCUT2D eigenvalue weighted by atomic mass is 16.5. The number of benzene rings is 2. The predicted octanol–water partition coefficient (Wildman–Crippen LogP) is 4.16. The van der Waals surface area contributed by atoms with Crippen molar-refractivity contribution >= 4 is 0 Å². The second-order valence-electron chi connectivity index (χ2n) is 6.29. The first-order valence-corrected chi connectivity index (χ1v) is 7.88. The number of hydrogen-bond donors (Lipinski definition) is 0. The van der Waals surface area contributed by atoms with Crippen LogP contribution in [0.5, 0.6) is 17.2 Å². The first-order chi connectivity index (χ1) is 10.7. The van der Waals surface area contributed by atoms with Gasteiger partial charge in [0.05, 0.1) is 12.7 Å². The Kier molecular flexibility index (Phi) is 3.21. The van der Waals surface area contributed by atoms with E-state index in [0.29, 0.717) is 12.5 Å². The summed E-state index contributed by atoms with van der Waals surface area (Å²) in [5.41, 5.74) is 2.40. The molecule has 2 aliphatic heterocycles. The van der Waals surface area contributed by atoms with Crippen LogP contribution in [-0.4, -0.2) is 12.7 Å². The second-order valence-corrected chi connectivity index (χ2v) is 6.29. The van der Waals surface area contributed by atoms with Crippen molar-refractivity contribution in [1.82, 2.24) is 0 Å². The van der Waals surface area contributed by atoms with Crippen LogP contribution in [0.3, 0.4) is 0 Å². The second kappa shape index (κ2) is 5.24. The maximum Gasteiger partial charge on any atom is 0.134 e. The largest absolute Gasteiger partial charge is 0.493 e. The van der Waals surface area contributed by atoms with Gasteiger partial charge >= 0.3 is 0 Å². The van der Waals surface area contributed by atoms with Gasteiger partial charge in [-0.25, -0.2) is 0 Å². The topological polar surface area (TPSA) is 27.7 Å². The highest BCUT2D eigenvalue weighted by Gasteiger charge is 2.36. The van der Waals surface area contributed by atoms with E-state index in [0.717, 1.165) is 29.2 Å². The van der Waals surface area contributed by atoms with Crippen molar-refractivity contribution < 1.29 is 14.2 Å². The van der Waals surface area contributed by atoms with Gasteiger partial charge in [-0.15, -0.1) is 0 Å². The molecular formula is C19H20O3.